The van der Waals surface area contributed by atoms with Gasteiger partial charge in [0.05, 0.1) is 5.92 Å². The highest BCUT2D eigenvalue weighted by atomic mass is 16.2. The summed E-state index contributed by atoms with van der Waals surface area (Å²) in [5, 5.41) is 3.30. The fraction of sp³-hybridized carbons (Fsp3) is 0.583. The van der Waals surface area contributed by atoms with Crippen molar-refractivity contribution in [3.05, 3.63) is 11.8 Å². The van der Waals surface area contributed by atoms with Gasteiger partial charge in [0.1, 0.15) is 5.82 Å². The monoisotopic (exact) mass is 247 g/mol. The quantitative estimate of drug-likeness (QED) is 0.755. The predicted octanol–water partition coefficient (Wildman–Crippen LogP) is -0.0339. The van der Waals surface area contributed by atoms with Gasteiger partial charge in [0.2, 0.25) is 11.9 Å². The molecule has 0 saturated carbocycles. The molecule has 6 nitrogen and oxygen atoms in total. The molecule has 0 aliphatic carbocycles. The number of likely N-dealkylation sites (N-methyl/N-ethyl adjacent to an activating group) is 1. The molecule has 1 aromatic rings. The Hall–Kier alpha value is -1.69. The largest absolute Gasteiger partial charge is 0.338 e. The number of carbonyl (C=O) groups is 1. The van der Waals surface area contributed by atoms with Crippen molar-refractivity contribution in [2.45, 2.75) is 12.8 Å². The number of hydrogen-bond acceptors (Lipinski definition) is 5. The summed E-state index contributed by atoms with van der Waals surface area (Å²) in [6.07, 6.45) is 1.80. The first kappa shape index (κ1) is 11.4. The predicted molar refractivity (Wildman–Crippen MR) is 68.9 cm³/mol. The molecule has 3 rings (SSSR count). The molecule has 2 aliphatic rings. The average Bonchev–Trinajstić information content (AvgIpc) is 2.65. The first-order valence-corrected chi connectivity index (χ1v) is 6.28. The third-order valence-electron chi connectivity index (χ3n) is 3.67. The van der Waals surface area contributed by atoms with Gasteiger partial charge in [-0.05, 0) is 6.92 Å². The van der Waals surface area contributed by atoms with Crippen LogP contribution in [-0.4, -0.2) is 49.1 Å². The SMILES string of the molecule is CC1C(=O)N(C)c2nc(N3CCNCC3)ncc21. The van der Waals surface area contributed by atoms with Crippen LogP contribution in [0.2, 0.25) is 0 Å². The molecule has 96 valence electrons. The first-order chi connectivity index (χ1) is 8.68. The minimum Gasteiger partial charge on any atom is -0.338 e. The van der Waals surface area contributed by atoms with Crippen LogP contribution in [0.1, 0.15) is 18.4 Å². The molecule has 6 heteroatoms. The van der Waals surface area contributed by atoms with E-state index in [1.54, 1.807) is 18.1 Å². The van der Waals surface area contributed by atoms with E-state index in [1.807, 2.05) is 6.92 Å². The second-order valence-electron chi connectivity index (χ2n) is 4.80. The summed E-state index contributed by atoms with van der Waals surface area (Å²) in [6, 6.07) is 0. The molecule has 1 aromatic heterocycles. The van der Waals surface area contributed by atoms with Crippen molar-refractivity contribution in [2.75, 3.05) is 43.0 Å². The number of anilines is 2. The van der Waals surface area contributed by atoms with E-state index in [0.29, 0.717) is 0 Å². The highest BCUT2D eigenvalue weighted by Crippen LogP contribution is 2.34. The van der Waals surface area contributed by atoms with Gasteiger partial charge in [-0.15, -0.1) is 0 Å². The summed E-state index contributed by atoms with van der Waals surface area (Å²) >= 11 is 0. The topological polar surface area (TPSA) is 61.4 Å². The van der Waals surface area contributed by atoms with Gasteiger partial charge in [-0.1, -0.05) is 0 Å². The van der Waals surface area contributed by atoms with Crippen molar-refractivity contribution < 1.29 is 4.79 Å². The molecule has 0 aromatic carbocycles. The van der Waals surface area contributed by atoms with Crippen molar-refractivity contribution in [3.63, 3.8) is 0 Å². The maximum Gasteiger partial charge on any atom is 0.235 e. The van der Waals surface area contributed by atoms with E-state index in [1.165, 1.54) is 0 Å². The van der Waals surface area contributed by atoms with Crippen LogP contribution in [0, 0.1) is 0 Å². The molecule has 1 fully saturated rings. The maximum atomic E-state index is 11.9. The van der Waals surface area contributed by atoms with Gasteiger partial charge in [-0.2, -0.15) is 4.98 Å². The smallest absolute Gasteiger partial charge is 0.235 e. The molecule has 3 heterocycles. The molecule has 18 heavy (non-hydrogen) atoms. The summed E-state index contributed by atoms with van der Waals surface area (Å²) in [6.45, 7) is 5.62. The van der Waals surface area contributed by atoms with Gasteiger partial charge >= 0.3 is 0 Å². The normalized spacial score (nSPS) is 23.4. The molecule has 2 aliphatic heterocycles. The number of rotatable bonds is 1. The van der Waals surface area contributed by atoms with Gasteiger partial charge in [-0.25, -0.2) is 4.98 Å². The lowest BCUT2D eigenvalue weighted by Crippen LogP contribution is -2.44. The van der Waals surface area contributed by atoms with Crippen molar-refractivity contribution in [3.8, 4) is 0 Å². The van der Waals surface area contributed by atoms with Crippen LogP contribution in [0.3, 0.4) is 0 Å². The minimum atomic E-state index is -0.123. The maximum absolute atomic E-state index is 11.9. The molecular weight excluding hydrogens is 230 g/mol. The Labute approximate surface area is 106 Å². The number of piperazine rings is 1. The van der Waals surface area contributed by atoms with Crippen LogP contribution in [-0.2, 0) is 4.79 Å². The van der Waals surface area contributed by atoms with Crippen LogP contribution >= 0.6 is 0 Å². The second kappa shape index (κ2) is 4.20. The van der Waals surface area contributed by atoms with E-state index in [-0.39, 0.29) is 11.8 Å². The molecule has 0 radical (unpaired) electrons. The highest BCUT2D eigenvalue weighted by molar-refractivity contribution is 6.03. The van der Waals surface area contributed by atoms with E-state index in [4.69, 9.17) is 0 Å². The van der Waals surface area contributed by atoms with Crippen molar-refractivity contribution >= 4 is 17.7 Å². The molecule has 1 amide bonds. The number of amides is 1. The van der Waals surface area contributed by atoms with Crippen LogP contribution in [0.15, 0.2) is 6.20 Å². The Morgan fingerprint density at radius 3 is 2.83 bits per heavy atom. The van der Waals surface area contributed by atoms with Gasteiger partial charge in [0.15, 0.2) is 0 Å². The minimum absolute atomic E-state index is 0.0942. The standard InChI is InChI=1S/C12H17N5O/c1-8-9-7-14-12(17-5-3-13-4-6-17)15-10(9)16(2)11(8)18/h7-8,13H,3-6H2,1-2H3. The number of fused-ring (bicyclic) bond motifs is 1. The third-order valence-corrected chi connectivity index (χ3v) is 3.67. The molecule has 1 unspecified atom stereocenters. The van der Waals surface area contributed by atoms with E-state index in [2.05, 4.69) is 20.2 Å². The molecule has 0 bridgehead atoms. The van der Waals surface area contributed by atoms with Gasteiger partial charge in [0, 0.05) is 45.0 Å². The lowest BCUT2D eigenvalue weighted by atomic mass is 10.1. The van der Waals surface area contributed by atoms with Gasteiger partial charge < -0.3 is 10.2 Å². The van der Waals surface area contributed by atoms with Crippen molar-refractivity contribution in [1.82, 2.24) is 15.3 Å². The van der Waals surface area contributed by atoms with Crippen molar-refractivity contribution in [2.24, 2.45) is 0 Å². The lowest BCUT2D eigenvalue weighted by Gasteiger charge is -2.27. The van der Waals surface area contributed by atoms with Crippen LogP contribution in [0.25, 0.3) is 0 Å². The van der Waals surface area contributed by atoms with Gasteiger partial charge in [-0.3, -0.25) is 9.69 Å². The number of carbonyl (C=O) groups excluding carboxylic acids is 1. The Morgan fingerprint density at radius 1 is 1.39 bits per heavy atom. The zero-order valence-electron chi connectivity index (χ0n) is 10.7. The van der Waals surface area contributed by atoms with Crippen LogP contribution in [0.5, 0.6) is 0 Å². The van der Waals surface area contributed by atoms with E-state index in [0.717, 1.165) is 43.5 Å². The second-order valence-corrected chi connectivity index (χ2v) is 4.80. The summed E-state index contributed by atoms with van der Waals surface area (Å²) in [4.78, 5) is 24.6. The zero-order chi connectivity index (χ0) is 12.7. The van der Waals surface area contributed by atoms with Crippen LogP contribution < -0.4 is 15.1 Å². The first-order valence-electron chi connectivity index (χ1n) is 6.28. The zero-order valence-corrected chi connectivity index (χ0v) is 10.7. The number of nitrogens with one attached hydrogen (secondary N) is 1. The highest BCUT2D eigenvalue weighted by Gasteiger charge is 2.34. The summed E-state index contributed by atoms with van der Waals surface area (Å²) < 4.78 is 0. The van der Waals surface area contributed by atoms with Crippen molar-refractivity contribution in [1.29, 1.82) is 0 Å². The summed E-state index contributed by atoms with van der Waals surface area (Å²) in [7, 11) is 1.78. The molecule has 1 atom stereocenters. The lowest BCUT2D eigenvalue weighted by molar-refractivity contribution is -0.118. The Morgan fingerprint density at radius 2 is 2.11 bits per heavy atom. The van der Waals surface area contributed by atoms with E-state index in [9.17, 15) is 4.79 Å². The number of nitrogens with zero attached hydrogens (tertiary/aromatic N) is 4. The van der Waals surface area contributed by atoms with Crippen LogP contribution in [0.4, 0.5) is 11.8 Å². The van der Waals surface area contributed by atoms with Gasteiger partial charge in [0.25, 0.3) is 0 Å². The molecule has 1 saturated heterocycles. The summed E-state index contributed by atoms with van der Waals surface area (Å²) in [5.74, 6) is 1.46. The third kappa shape index (κ3) is 1.64. The average molecular weight is 247 g/mol. The number of hydrogen-bond donors (Lipinski definition) is 1. The molecule has 1 N–H and O–H groups in total. The Bertz CT molecular complexity index is 483. The van der Waals surface area contributed by atoms with E-state index >= 15 is 0 Å². The Kier molecular flexibility index (Phi) is 2.66. The fourth-order valence-electron chi connectivity index (χ4n) is 2.49. The Balaban J connectivity index is 1.94. The fourth-order valence-corrected chi connectivity index (χ4v) is 2.49. The van der Waals surface area contributed by atoms with E-state index < -0.39 is 0 Å². The molecular formula is C12H17N5O. The number of aromatic nitrogens is 2. The molecule has 0 spiro atoms. The summed E-state index contributed by atoms with van der Waals surface area (Å²) in [5.41, 5.74) is 0.932.